The van der Waals surface area contributed by atoms with Gasteiger partial charge >= 0.3 is 0 Å². The summed E-state index contributed by atoms with van der Waals surface area (Å²) in [6, 6.07) is 7.50. The average molecular weight is 244 g/mol. The van der Waals surface area contributed by atoms with E-state index in [9.17, 15) is 4.79 Å². The topological polar surface area (TPSA) is 44.1 Å². The van der Waals surface area contributed by atoms with Gasteiger partial charge in [0.05, 0.1) is 17.0 Å². The zero-order chi connectivity index (χ0) is 13.1. The van der Waals surface area contributed by atoms with E-state index in [-0.39, 0.29) is 0 Å². The number of ether oxygens (including phenoxy) is 1. The maximum Gasteiger partial charge on any atom is 0.153 e. The van der Waals surface area contributed by atoms with Gasteiger partial charge in [0.1, 0.15) is 12.4 Å². The first kappa shape index (κ1) is 12.4. The average Bonchev–Trinajstić information content (AvgIpc) is 2.66. The van der Waals surface area contributed by atoms with E-state index in [1.807, 2.05) is 39.1 Å². The summed E-state index contributed by atoms with van der Waals surface area (Å²) in [5.74, 6) is 0.645. The fraction of sp³-hybridized carbons (Fsp3) is 0.286. The molecule has 0 saturated carbocycles. The molecule has 18 heavy (non-hydrogen) atoms. The molecule has 4 nitrogen and oxygen atoms in total. The minimum atomic E-state index is 0.406. The fourth-order valence-corrected chi connectivity index (χ4v) is 1.91. The van der Waals surface area contributed by atoms with Gasteiger partial charge in [0.15, 0.2) is 6.29 Å². The molecule has 4 heteroatoms. The molecule has 1 heterocycles. The van der Waals surface area contributed by atoms with Gasteiger partial charge in [-0.25, -0.2) is 0 Å². The molecule has 0 aliphatic rings. The van der Waals surface area contributed by atoms with Crippen LogP contribution in [0.4, 0.5) is 0 Å². The van der Waals surface area contributed by atoms with Crippen molar-refractivity contribution in [2.24, 2.45) is 7.05 Å². The molecular weight excluding hydrogens is 228 g/mol. The summed E-state index contributed by atoms with van der Waals surface area (Å²) in [5.41, 5.74) is 3.47. The zero-order valence-electron chi connectivity index (χ0n) is 10.8. The number of rotatable bonds is 4. The van der Waals surface area contributed by atoms with E-state index in [1.54, 1.807) is 10.7 Å². The van der Waals surface area contributed by atoms with Gasteiger partial charge in [-0.05, 0) is 31.5 Å². The van der Waals surface area contributed by atoms with Crippen LogP contribution >= 0.6 is 0 Å². The van der Waals surface area contributed by atoms with Crippen molar-refractivity contribution in [3.05, 3.63) is 46.8 Å². The quantitative estimate of drug-likeness (QED) is 0.776. The Morgan fingerprint density at radius 2 is 2.17 bits per heavy atom. The van der Waals surface area contributed by atoms with Crippen molar-refractivity contribution in [3.63, 3.8) is 0 Å². The van der Waals surface area contributed by atoms with Crippen LogP contribution < -0.4 is 4.74 Å². The number of nitrogens with zero attached hydrogens (tertiary/aromatic N) is 2. The van der Waals surface area contributed by atoms with Gasteiger partial charge in [0.25, 0.3) is 0 Å². The molecule has 0 bridgehead atoms. The lowest BCUT2D eigenvalue weighted by molar-refractivity contribution is 0.111. The smallest absolute Gasteiger partial charge is 0.153 e. The summed E-state index contributed by atoms with van der Waals surface area (Å²) in [6.07, 6.45) is 0.816. The first-order valence-electron chi connectivity index (χ1n) is 5.79. The molecule has 0 amide bonds. The number of carbonyl (C=O) groups excluding carboxylic acids is 1. The van der Waals surface area contributed by atoms with Gasteiger partial charge in [-0.15, -0.1) is 0 Å². The van der Waals surface area contributed by atoms with Crippen molar-refractivity contribution in [2.75, 3.05) is 0 Å². The van der Waals surface area contributed by atoms with Crippen molar-refractivity contribution < 1.29 is 9.53 Å². The van der Waals surface area contributed by atoms with Gasteiger partial charge in [-0.1, -0.05) is 12.1 Å². The van der Waals surface area contributed by atoms with Crippen LogP contribution in [0.2, 0.25) is 0 Å². The lowest BCUT2D eigenvalue weighted by atomic mass is 10.1. The Morgan fingerprint density at radius 1 is 1.39 bits per heavy atom. The lowest BCUT2D eigenvalue weighted by Crippen LogP contribution is -2.05. The third-order valence-electron chi connectivity index (χ3n) is 2.83. The predicted molar refractivity (Wildman–Crippen MR) is 68.8 cm³/mol. The molecule has 1 aromatic heterocycles. The standard InChI is InChI=1S/C14H16N2O2/c1-10-5-4-6-12(8-17)14(10)18-9-13-7-11(2)15-16(13)3/h4-8H,9H2,1-3H3. The van der Waals surface area contributed by atoms with E-state index in [1.165, 1.54) is 0 Å². The second-order valence-electron chi connectivity index (χ2n) is 4.30. The Balaban J connectivity index is 2.20. The number of hydrogen-bond donors (Lipinski definition) is 0. The number of benzene rings is 1. The van der Waals surface area contributed by atoms with E-state index >= 15 is 0 Å². The maximum atomic E-state index is 11.0. The summed E-state index contributed by atoms with van der Waals surface area (Å²) in [4.78, 5) is 11.0. The largest absolute Gasteiger partial charge is 0.486 e. The summed E-state index contributed by atoms with van der Waals surface area (Å²) >= 11 is 0. The third-order valence-corrected chi connectivity index (χ3v) is 2.83. The van der Waals surface area contributed by atoms with Crippen molar-refractivity contribution in [3.8, 4) is 5.75 Å². The van der Waals surface area contributed by atoms with Gasteiger partial charge < -0.3 is 4.74 Å². The Labute approximate surface area is 106 Å². The van der Waals surface area contributed by atoms with E-state index < -0.39 is 0 Å². The minimum absolute atomic E-state index is 0.406. The predicted octanol–water partition coefficient (Wildman–Crippen LogP) is 2.43. The number of para-hydroxylation sites is 1. The number of hydrogen-bond acceptors (Lipinski definition) is 3. The zero-order valence-corrected chi connectivity index (χ0v) is 10.8. The van der Waals surface area contributed by atoms with Crippen molar-refractivity contribution in [2.45, 2.75) is 20.5 Å². The monoisotopic (exact) mass is 244 g/mol. The van der Waals surface area contributed by atoms with Crippen LogP contribution in [0.5, 0.6) is 5.75 Å². The number of aryl methyl sites for hydroxylation is 3. The van der Waals surface area contributed by atoms with Crippen LogP contribution in [-0.4, -0.2) is 16.1 Å². The highest BCUT2D eigenvalue weighted by Gasteiger charge is 2.08. The molecule has 0 fully saturated rings. The van der Waals surface area contributed by atoms with Crippen LogP contribution in [0.25, 0.3) is 0 Å². The molecule has 2 aromatic rings. The number of carbonyl (C=O) groups is 1. The molecule has 0 aliphatic carbocycles. The van der Waals surface area contributed by atoms with E-state index in [2.05, 4.69) is 5.10 Å². The number of aldehydes is 1. The molecule has 0 radical (unpaired) electrons. The molecule has 0 saturated heterocycles. The van der Waals surface area contributed by atoms with Crippen LogP contribution in [0.3, 0.4) is 0 Å². The van der Waals surface area contributed by atoms with Gasteiger partial charge in [-0.2, -0.15) is 5.10 Å². The Kier molecular flexibility index (Phi) is 3.46. The highest BCUT2D eigenvalue weighted by molar-refractivity contribution is 5.80. The molecule has 1 aromatic carbocycles. The Morgan fingerprint density at radius 3 is 2.78 bits per heavy atom. The molecule has 0 atom stereocenters. The van der Waals surface area contributed by atoms with Crippen LogP contribution in [0, 0.1) is 13.8 Å². The molecule has 94 valence electrons. The summed E-state index contributed by atoms with van der Waals surface area (Å²) in [5, 5.41) is 4.26. The molecule has 0 spiro atoms. The summed E-state index contributed by atoms with van der Waals surface area (Å²) in [6.45, 7) is 4.27. The molecule has 0 N–H and O–H groups in total. The van der Waals surface area contributed by atoms with Crippen molar-refractivity contribution in [1.82, 2.24) is 9.78 Å². The van der Waals surface area contributed by atoms with E-state index in [4.69, 9.17) is 4.74 Å². The van der Waals surface area contributed by atoms with Crippen molar-refractivity contribution in [1.29, 1.82) is 0 Å². The second-order valence-corrected chi connectivity index (χ2v) is 4.30. The van der Waals surface area contributed by atoms with Gasteiger partial charge in [0, 0.05) is 7.05 Å². The van der Waals surface area contributed by atoms with Crippen LogP contribution in [0.15, 0.2) is 24.3 Å². The van der Waals surface area contributed by atoms with Crippen molar-refractivity contribution >= 4 is 6.29 Å². The maximum absolute atomic E-state index is 11.0. The summed E-state index contributed by atoms with van der Waals surface area (Å²) < 4.78 is 7.53. The highest BCUT2D eigenvalue weighted by atomic mass is 16.5. The number of aromatic nitrogens is 2. The van der Waals surface area contributed by atoms with Gasteiger partial charge in [0.2, 0.25) is 0 Å². The fourth-order valence-electron chi connectivity index (χ4n) is 1.91. The second kappa shape index (κ2) is 5.04. The third kappa shape index (κ3) is 2.42. The summed E-state index contributed by atoms with van der Waals surface area (Å²) in [7, 11) is 1.88. The highest BCUT2D eigenvalue weighted by Crippen LogP contribution is 2.23. The molecule has 0 aliphatic heterocycles. The normalized spacial score (nSPS) is 10.4. The molecule has 2 rings (SSSR count). The molecular formula is C14H16N2O2. The van der Waals surface area contributed by atoms with E-state index in [0.717, 1.165) is 23.2 Å². The first-order chi connectivity index (χ1) is 8.61. The van der Waals surface area contributed by atoms with Crippen LogP contribution in [-0.2, 0) is 13.7 Å². The Bertz CT molecular complexity index is 573. The lowest BCUT2D eigenvalue weighted by Gasteiger charge is -2.11. The Hall–Kier alpha value is -2.10. The van der Waals surface area contributed by atoms with Crippen LogP contribution in [0.1, 0.15) is 27.3 Å². The molecule has 0 unspecified atom stereocenters. The first-order valence-corrected chi connectivity index (χ1v) is 5.79. The van der Waals surface area contributed by atoms with E-state index in [0.29, 0.717) is 17.9 Å². The SMILES string of the molecule is Cc1cc(COc2c(C)cccc2C=O)n(C)n1. The van der Waals surface area contributed by atoms with Gasteiger partial charge in [-0.3, -0.25) is 9.48 Å². The minimum Gasteiger partial charge on any atom is -0.486 e.